The maximum Gasteiger partial charge on any atom is 0.261 e. The Morgan fingerprint density at radius 1 is 1.37 bits per heavy atom. The molecule has 0 atom stereocenters. The second-order valence-corrected chi connectivity index (χ2v) is 3.86. The summed E-state index contributed by atoms with van der Waals surface area (Å²) in [5.74, 6) is -0.785. The predicted molar refractivity (Wildman–Crippen MR) is 63.1 cm³/mol. The fraction of sp³-hybridized carbons (Fsp3) is 0.462. The van der Waals surface area contributed by atoms with Crippen molar-refractivity contribution in [3.05, 3.63) is 29.6 Å². The fourth-order valence-corrected chi connectivity index (χ4v) is 1.51. The number of alkyl halides is 2. The fourth-order valence-electron chi connectivity index (χ4n) is 1.51. The third-order valence-electron chi connectivity index (χ3n) is 2.42. The van der Waals surface area contributed by atoms with Crippen LogP contribution in [0, 0.1) is 5.82 Å². The summed E-state index contributed by atoms with van der Waals surface area (Å²) in [6, 6.07) is 4.52. The molecule has 6 heteroatoms. The molecule has 0 saturated carbocycles. The molecular weight excluding hydrogens is 261 g/mol. The molecular formula is C13H15F3O3. The molecule has 0 bridgehead atoms. The van der Waals surface area contributed by atoms with E-state index in [0.717, 1.165) is 0 Å². The maximum absolute atomic E-state index is 13.7. The molecule has 0 N–H and O–H groups in total. The summed E-state index contributed by atoms with van der Waals surface area (Å²) in [6.07, 6.45) is -2.68. The van der Waals surface area contributed by atoms with Crippen LogP contribution in [-0.4, -0.2) is 32.5 Å². The third-order valence-corrected chi connectivity index (χ3v) is 2.42. The zero-order valence-electron chi connectivity index (χ0n) is 10.5. The number of rotatable bonds is 8. The summed E-state index contributed by atoms with van der Waals surface area (Å²) in [6.45, 7) is -0.782. The molecule has 0 aromatic heterocycles. The second-order valence-electron chi connectivity index (χ2n) is 3.86. The number of methoxy groups -OCH3 is 1. The third kappa shape index (κ3) is 5.30. The van der Waals surface area contributed by atoms with Gasteiger partial charge in [0, 0.05) is 12.8 Å². The van der Waals surface area contributed by atoms with Crippen molar-refractivity contribution in [2.24, 2.45) is 0 Å². The first-order valence-corrected chi connectivity index (χ1v) is 5.73. The minimum Gasteiger partial charge on any atom is -0.494 e. The standard InChI is InChI=1S/C13H15F3O3/c1-18-11-4-2-3-9(13(11)16)7-10(17)5-6-19-8-12(14)15/h2-4,12H,5-8H2,1H3. The minimum absolute atomic E-state index is 0.0244. The highest BCUT2D eigenvalue weighted by molar-refractivity contribution is 5.81. The zero-order chi connectivity index (χ0) is 14.3. The van der Waals surface area contributed by atoms with E-state index >= 15 is 0 Å². The van der Waals surface area contributed by atoms with Gasteiger partial charge in [0.05, 0.1) is 13.7 Å². The van der Waals surface area contributed by atoms with E-state index in [1.807, 2.05) is 0 Å². The second kappa shape index (κ2) is 7.78. The number of ether oxygens (including phenoxy) is 2. The number of carbonyl (C=O) groups is 1. The molecule has 0 unspecified atom stereocenters. The number of carbonyl (C=O) groups excluding carboxylic acids is 1. The molecule has 0 spiro atoms. The van der Waals surface area contributed by atoms with Gasteiger partial charge < -0.3 is 9.47 Å². The monoisotopic (exact) mass is 276 g/mol. The van der Waals surface area contributed by atoms with Gasteiger partial charge >= 0.3 is 0 Å². The molecule has 0 amide bonds. The van der Waals surface area contributed by atoms with Gasteiger partial charge in [-0.15, -0.1) is 0 Å². The molecule has 19 heavy (non-hydrogen) atoms. The van der Waals surface area contributed by atoms with E-state index in [2.05, 4.69) is 4.74 Å². The van der Waals surface area contributed by atoms with Crippen LogP contribution in [0.1, 0.15) is 12.0 Å². The van der Waals surface area contributed by atoms with Crippen LogP contribution in [0.5, 0.6) is 5.75 Å². The van der Waals surface area contributed by atoms with Gasteiger partial charge in [0.15, 0.2) is 11.6 Å². The van der Waals surface area contributed by atoms with Crippen molar-refractivity contribution >= 4 is 5.78 Å². The summed E-state index contributed by atoms with van der Waals surface area (Å²) in [7, 11) is 1.34. The number of ketones is 1. The Morgan fingerprint density at radius 2 is 2.11 bits per heavy atom. The summed E-state index contributed by atoms with van der Waals surface area (Å²) in [5, 5.41) is 0. The van der Waals surface area contributed by atoms with Crippen LogP contribution in [0.2, 0.25) is 0 Å². The van der Waals surface area contributed by atoms with Gasteiger partial charge in [0.25, 0.3) is 6.43 Å². The largest absolute Gasteiger partial charge is 0.494 e. The molecule has 0 heterocycles. The van der Waals surface area contributed by atoms with E-state index in [4.69, 9.17) is 4.74 Å². The number of halogens is 3. The van der Waals surface area contributed by atoms with Crippen molar-refractivity contribution in [1.82, 2.24) is 0 Å². The lowest BCUT2D eigenvalue weighted by atomic mass is 10.1. The number of hydrogen-bond donors (Lipinski definition) is 0. The van der Waals surface area contributed by atoms with E-state index in [-0.39, 0.29) is 36.5 Å². The highest BCUT2D eigenvalue weighted by Gasteiger charge is 2.12. The summed E-state index contributed by atoms with van der Waals surface area (Å²) in [4.78, 5) is 11.5. The van der Waals surface area contributed by atoms with Crippen LogP contribution in [0.3, 0.4) is 0 Å². The van der Waals surface area contributed by atoms with Gasteiger partial charge in [-0.25, -0.2) is 13.2 Å². The number of benzene rings is 1. The van der Waals surface area contributed by atoms with E-state index < -0.39 is 18.8 Å². The number of hydrogen-bond acceptors (Lipinski definition) is 3. The molecule has 0 aliphatic rings. The molecule has 0 radical (unpaired) electrons. The van der Waals surface area contributed by atoms with Crippen LogP contribution in [0.15, 0.2) is 18.2 Å². The van der Waals surface area contributed by atoms with Crippen LogP contribution >= 0.6 is 0 Å². The first-order chi connectivity index (χ1) is 9.04. The first kappa shape index (κ1) is 15.5. The molecule has 0 aliphatic heterocycles. The predicted octanol–water partition coefficient (Wildman–Crippen LogP) is 2.62. The molecule has 0 aliphatic carbocycles. The lowest BCUT2D eigenvalue weighted by Gasteiger charge is -2.07. The lowest BCUT2D eigenvalue weighted by Crippen LogP contribution is -2.11. The Morgan fingerprint density at radius 3 is 2.74 bits per heavy atom. The van der Waals surface area contributed by atoms with Crippen molar-refractivity contribution in [3.63, 3.8) is 0 Å². The molecule has 3 nitrogen and oxygen atoms in total. The van der Waals surface area contributed by atoms with Gasteiger partial charge in [-0.1, -0.05) is 12.1 Å². The SMILES string of the molecule is COc1cccc(CC(=O)CCOCC(F)F)c1F. The van der Waals surface area contributed by atoms with Gasteiger partial charge in [-0.05, 0) is 11.6 Å². The summed E-state index contributed by atoms with van der Waals surface area (Å²) >= 11 is 0. The van der Waals surface area contributed by atoms with Crippen LogP contribution < -0.4 is 4.74 Å². The zero-order valence-corrected chi connectivity index (χ0v) is 10.5. The average Bonchev–Trinajstić information content (AvgIpc) is 2.37. The van der Waals surface area contributed by atoms with E-state index in [0.29, 0.717) is 0 Å². The van der Waals surface area contributed by atoms with Crippen molar-refractivity contribution in [1.29, 1.82) is 0 Å². The van der Waals surface area contributed by atoms with Crippen molar-refractivity contribution in [3.8, 4) is 5.75 Å². The minimum atomic E-state index is -2.55. The first-order valence-electron chi connectivity index (χ1n) is 5.73. The molecule has 1 rings (SSSR count). The molecule has 106 valence electrons. The van der Waals surface area contributed by atoms with Crippen molar-refractivity contribution in [2.45, 2.75) is 19.3 Å². The Labute approximate surface area is 109 Å². The van der Waals surface area contributed by atoms with Crippen LogP contribution in [-0.2, 0) is 16.0 Å². The lowest BCUT2D eigenvalue weighted by molar-refractivity contribution is -0.119. The molecule has 1 aromatic carbocycles. The Balaban J connectivity index is 2.44. The quantitative estimate of drug-likeness (QED) is 0.685. The smallest absolute Gasteiger partial charge is 0.261 e. The van der Waals surface area contributed by atoms with Gasteiger partial charge in [0.2, 0.25) is 0 Å². The average molecular weight is 276 g/mol. The Bertz CT molecular complexity index is 422. The van der Waals surface area contributed by atoms with Crippen molar-refractivity contribution < 1.29 is 27.4 Å². The molecule has 0 saturated heterocycles. The number of Topliss-reactive ketones (excluding diaryl/α,β-unsaturated/α-hetero) is 1. The van der Waals surface area contributed by atoms with E-state index in [9.17, 15) is 18.0 Å². The summed E-state index contributed by atoms with van der Waals surface area (Å²) < 4.78 is 46.6. The van der Waals surface area contributed by atoms with Crippen LogP contribution in [0.25, 0.3) is 0 Å². The summed E-state index contributed by atoms with van der Waals surface area (Å²) in [5.41, 5.74) is 0.221. The van der Waals surface area contributed by atoms with Gasteiger partial charge in [0.1, 0.15) is 12.4 Å². The topological polar surface area (TPSA) is 35.5 Å². The highest BCUT2D eigenvalue weighted by atomic mass is 19.3. The highest BCUT2D eigenvalue weighted by Crippen LogP contribution is 2.20. The molecule has 1 aromatic rings. The Hall–Kier alpha value is -1.56. The van der Waals surface area contributed by atoms with Crippen LogP contribution in [0.4, 0.5) is 13.2 Å². The van der Waals surface area contributed by atoms with Crippen molar-refractivity contribution in [2.75, 3.05) is 20.3 Å². The maximum atomic E-state index is 13.7. The van der Waals surface area contributed by atoms with Gasteiger partial charge in [-0.2, -0.15) is 0 Å². The van der Waals surface area contributed by atoms with E-state index in [1.165, 1.54) is 19.2 Å². The van der Waals surface area contributed by atoms with Gasteiger partial charge in [-0.3, -0.25) is 4.79 Å². The molecule has 0 fully saturated rings. The normalized spacial score (nSPS) is 10.8. The van der Waals surface area contributed by atoms with E-state index in [1.54, 1.807) is 6.07 Å². The Kier molecular flexibility index (Phi) is 6.35.